The maximum absolute atomic E-state index is 13.2. The highest BCUT2D eigenvalue weighted by molar-refractivity contribution is 7.14. The van der Waals surface area contributed by atoms with Gasteiger partial charge >= 0.3 is 0 Å². The number of halogens is 1. The van der Waals surface area contributed by atoms with Crippen molar-refractivity contribution in [3.05, 3.63) is 99.7 Å². The number of amides is 3. The van der Waals surface area contributed by atoms with Crippen LogP contribution in [0.2, 0.25) is 0 Å². The number of benzene rings is 3. The predicted octanol–water partition coefficient (Wildman–Crippen LogP) is 5.59. The van der Waals surface area contributed by atoms with Crippen LogP contribution in [-0.4, -0.2) is 34.5 Å². The predicted molar refractivity (Wildman–Crippen MR) is 156 cm³/mol. The minimum absolute atomic E-state index is 0.0785. The summed E-state index contributed by atoms with van der Waals surface area (Å²) in [5.41, 5.74) is 2.12. The number of ether oxygens (including phenoxy) is 1. The number of thiazole rings is 1. The lowest BCUT2D eigenvalue weighted by molar-refractivity contribution is -0.120. The van der Waals surface area contributed by atoms with Crippen LogP contribution in [0.1, 0.15) is 17.3 Å². The molecule has 0 radical (unpaired) electrons. The van der Waals surface area contributed by atoms with Crippen LogP contribution < -0.4 is 25.5 Å². The summed E-state index contributed by atoms with van der Waals surface area (Å²) >= 11 is 7.49. The van der Waals surface area contributed by atoms with Gasteiger partial charge in [0.25, 0.3) is 17.7 Å². The molecule has 0 spiro atoms. The largest absolute Gasteiger partial charge is 0.733 e. The van der Waals surface area contributed by atoms with E-state index >= 15 is 0 Å². The number of hydrogen-bond donors (Lipinski definition) is 3. The minimum Gasteiger partial charge on any atom is -0.733 e. The number of rotatable bonds is 9. The molecule has 1 aliphatic heterocycles. The van der Waals surface area contributed by atoms with Gasteiger partial charge < -0.3 is 20.5 Å². The van der Waals surface area contributed by atoms with E-state index in [1.165, 1.54) is 29.5 Å². The van der Waals surface area contributed by atoms with Gasteiger partial charge in [0, 0.05) is 22.2 Å². The van der Waals surface area contributed by atoms with Crippen molar-refractivity contribution in [1.82, 2.24) is 4.98 Å². The highest BCUT2D eigenvalue weighted by Crippen LogP contribution is 2.36. The second-order valence-corrected chi connectivity index (χ2v) is 9.79. The molecule has 13 heteroatoms. The first-order valence-corrected chi connectivity index (χ1v) is 13.4. The lowest BCUT2D eigenvalue weighted by atomic mass is 10.1. The van der Waals surface area contributed by atoms with E-state index in [2.05, 4.69) is 15.6 Å². The molecule has 0 aliphatic carbocycles. The fraction of sp³-hybridized carbons (Fsp3) is 0.0714. The molecule has 0 unspecified atom stereocenters. The van der Waals surface area contributed by atoms with Crippen molar-refractivity contribution in [1.29, 1.82) is 0 Å². The first-order chi connectivity index (χ1) is 19.8. The Hall–Kier alpha value is -4.75. The van der Waals surface area contributed by atoms with Crippen LogP contribution in [-0.2, 0) is 9.59 Å². The number of carbonyl (C=O) groups excluding carboxylic acids is 3. The molecule has 3 amide bonds. The van der Waals surface area contributed by atoms with E-state index in [1.807, 2.05) is 0 Å². The lowest BCUT2D eigenvalue weighted by Crippen LogP contribution is -2.32. The summed E-state index contributed by atoms with van der Waals surface area (Å²) in [5.74, 6) is -1.44. The number of nitrogens with zero attached hydrogens (tertiary/aromatic N) is 3. The maximum Gasteiger partial charge on any atom is 0.283 e. The second-order valence-electron chi connectivity index (χ2n) is 8.55. The van der Waals surface area contributed by atoms with Crippen molar-refractivity contribution in [2.45, 2.75) is 6.92 Å². The van der Waals surface area contributed by atoms with Crippen molar-refractivity contribution in [2.24, 2.45) is 0 Å². The van der Waals surface area contributed by atoms with Crippen molar-refractivity contribution in [3.63, 3.8) is 0 Å². The fourth-order valence-corrected chi connectivity index (χ4v) is 4.95. The number of carbonyl (C=O) groups is 3. The van der Waals surface area contributed by atoms with Gasteiger partial charge in [-0.15, -0.1) is 11.3 Å². The van der Waals surface area contributed by atoms with Gasteiger partial charge in [-0.1, -0.05) is 41.9 Å². The molecule has 5 rings (SSSR count). The molecule has 0 saturated heterocycles. The van der Waals surface area contributed by atoms with E-state index in [1.54, 1.807) is 66.9 Å². The number of nitrogens with one attached hydrogen (secondary N) is 2. The molecule has 0 saturated carbocycles. The molecule has 3 N–H and O–H groups in total. The Bertz CT molecular complexity index is 1670. The van der Waals surface area contributed by atoms with Crippen LogP contribution in [0.5, 0.6) is 5.75 Å². The second kappa shape index (κ2) is 11.8. The van der Waals surface area contributed by atoms with E-state index in [4.69, 9.17) is 21.5 Å². The molecule has 4 aromatic rings. The summed E-state index contributed by atoms with van der Waals surface area (Å²) in [5, 5.41) is 27.1. The van der Waals surface area contributed by atoms with Crippen LogP contribution in [0, 0.1) is 5.21 Å². The van der Waals surface area contributed by atoms with Gasteiger partial charge in [0.15, 0.2) is 5.13 Å². The van der Waals surface area contributed by atoms with Crippen LogP contribution >= 0.6 is 22.9 Å². The van der Waals surface area contributed by atoms with Crippen LogP contribution in [0.25, 0.3) is 11.3 Å². The molecule has 1 aliphatic rings. The van der Waals surface area contributed by atoms with Crippen molar-refractivity contribution in [2.75, 3.05) is 27.4 Å². The zero-order chi connectivity index (χ0) is 29.1. The van der Waals surface area contributed by atoms with Gasteiger partial charge in [0.1, 0.15) is 16.5 Å². The zero-order valence-corrected chi connectivity index (χ0v) is 22.9. The fourth-order valence-electron chi connectivity index (χ4n) is 4.02. The summed E-state index contributed by atoms with van der Waals surface area (Å²) in [6.07, 6.45) is 0. The third-order valence-electron chi connectivity index (χ3n) is 5.94. The molecule has 208 valence electrons. The molecule has 0 atom stereocenters. The van der Waals surface area contributed by atoms with Gasteiger partial charge in [-0.05, 0) is 49.4 Å². The van der Waals surface area contributed by atoms with Gasteiger partial charge in [0.05, 0.1) is 23.7 Å². The van der Waals surface area contributed by atoms with Crippen molar-refractivity contribution in [3.8, 4) is 17.0 Å². The maximum atomic E-state index is 13.2. The number of hydrogen-bond acceptors (Lipinski definition) is 10. The van der Waals surface area contributed by atoms with Crippen molar-refractivity contribution >= 4 is 62.9 Å². The molecule has 41 heavy (non-hydrogen) atoms. The lowest BCUT2D eigenvalue weighted by Gasteiger charge is -2.21. The molecular formula is C28H21ClN5O6S-. The average molecular weight is 591 g/mol. The van der Waals surface area contributed by atoms with E-state index < -0.39 is 17.7 Å². The molecule has 1 aromatic heterocycles. The Morgan fingerprint density at radius 1 is 1.10 bits per heavy atom. The topological polar surface area (TPSA) is 147 Å². The van der Waals surface area contributed by atoms with Crippen molar-refractivity contribution < 1.29 is 24.3 Å². The highest BCUT2D eigenvalue weighted by Gasteiger charge is 2.40. The molecule has 0 fully saturated rings. The van der Waals surface area contributed by atoms with Gasteiger partial charge in [-0.2, -0.15) is 0 Å². The Morgan fingerprint density at radius 3 is 2.59 bits per heavy atom. The highest BCUT2D eigenvalue weighted by atomic mass is 35.5. The summed E-state index contributed by atoms with van der Waals surface area (Å²) < 4.78 is 5.57. The number of imide groups is 1. The normalized spacial score (nSPS) is 13.0. The van der Waals surface area contributed by atoms with Crippen LogP contribution in [0.15, 0.2) is 88.9 Å². The number of para-hydroxylation sites is 2. The van der Waals surface area contributed by atoms with Gasteiger partial charge in [-0.3, -0.25) is 24.9 Å². The molecule has 2 heterocycles. The molecular weight excluding hydrogens is 570 g/mol. The van der Waals surface area contributed by atoms with E-state index in [0.29, 0.717) is 34.4 Å². The Morgan fingerprint density at radius 2 is 1.85 bits per heavy atom. The summed E-state index contributed by atoms with van der Waals surface area (Å²) in [6.45, 7) is 2.13. The molecule has 0 bridgehead atoms. The number of anilines is 4. The van der Waals surface area contributed by atoms with E-state index in [0.717, 1.165) is 4.90 Å². The van der Waals surface area contributed by atoms with E-state index in [-0.39, 0.29) is 32.9 Å². The molecule has 11 nitrogen and oxygen atoms in total. The Balaban J connectivity index is 1.30. The van der Waals surface area contributed by atoms with Gasteiger partial charge in [-0.25, -0.2) is 9.88 Å². The quantitative estimate of drug-likeness (QED) is 0.168. The Labute approximate surface area is 242 Å². The number of aromatic nitrogens is 1. The summed E-state index contributed by atoms with van der Waals surface area (Å²) in [7, 11) is 0. The molecule has 3 aromatic carbocycles. The zero-order valence-electron chi connectivity index (χ0n) is 21.3. The van der Waals surface area contributed by atoms with E-state index in [9.17, 15) is 19.6 Å². The minimum atomic E-state index is -0.698. The Kier molecular flexibility index (Phi) is 7.99. The monoisotopic (exact) mass is 590 g/mol. The summed E-state index contributed by atoms with van der Waals surface area (Å²) in [4.78, 5) is 44.5. The average Bonchev–Trinajstić information content (AvgIpc) is 3.52. The van der Waals surface area contributed by atoms with Crippen LogP contribution in [0.4, 0.5) is 22.2 Å². The SMILES string of the molecule is CCOc1ccccc1N1C(=O)C(Cl)=C(Nc2cccc(C(=O)Nc3nc(-c4ccc(N([O-])O)cc4)cs3)c2)C1=O. The summed E-state index contributed by atoms with van der Waals surface area (Å²) in [6, 6.07) is 19.1. The van der Waals surface area contributed by atoms with Gasteiger partial charge in [0.2, 0.25) is 0 Å². The smallest absolute Gasteiger partial charge is 0.283 e. The van der Waals surface area contributed by atoms with Crippen LogP contribution in [0.3, 0.4) is 0 Å². The standard InChI is InChI=1S/C28H21ClN5O6S/c1-2-40-22-9-4-3-8-21(22)33-26(36)23(29)24(27(33)37)30-18-7-5-6-17(14-18)25(35)32-28-31-20(15-41-28)16-10-12-19(13-11-16)34(38)39/h3-15,30,38H,2H2,1H3,(H,31,32,35)/q-1. The first kappa shape index (κ1) is 27.8. The third kappa shape index (κ3) is 5.76. The third-order valence-corrected chi connectivity index (χ3v) is 7.04. The first-order valence-electron chi connectivity index (χ1n) is 12.2.